The molecular weight excluding hydrogens is 338 g/mol. The van der Waals surface area contributed by atoms with E-state index in [1.807, 2.05) is 6.07 Å². The van der Waals surface area contributed by atoms with E-state index < -0.39 is 4.92 Å². The summed E-state index contributed by atoms with van der Waals surface area (Å²) in [5.74, 6) is -0.192. The number of hydrogen-bond donors (Lipinski definition) is 0. The van der Waals surface area contributed by atoms with E-state index in [1.54, 1.807) is 24.1 Å². The van der Waals surface area contributed by atoms with Crippen molar-refractivity contribution in [2.75, 3.05) is 33.2 Å². The first-order valence-electron chi connectivity index (χ1n) is 8.53. The van der Waals surface area contributed by atoms with Gasteiger partial charge in [0.1, 0.15) is 5.71 Å². The Kier molecular flexibility index (Phi) is 5.27. The van der Waals surface area contributed by atoms with Crippen LogP contribution in [0.5, 0.6) is 0 Å². The zero-order valence-electron chi connectivity index (χ0n) is 14.6. The molecule has 0 saturated carbocycles. The average molecular weight is 359 g/mol. The lowest BCUT2D eigenvalue weighted by Gasteiger charge is -2.35. The number of nitrogens with zero attached hydrogens (tertiary/aromatic N) is 5. The summed E-state index contributed by atoms with van der Waals surface area (Å²) in [4.78, 5) is 38.4. The van der Waals surface area contributed by atoms with Crippen LogP contribution in [0.2, 0.25) is 0 Å². The molecule has 9 nitrogen and oxygen atoms in total. The Bertz CT molecular complexity index is 755. The van der Waals surface area contributed by atoms with E-state index in [9.17, 15) is 19.7 Å². The monoisotopic (exact) mass is 359 g/mol. The predicted octanol–water partition coefficient (Wildman–Crippen LogP) is 0.847. The second-order valence-electron chi connectivity index (χ2n) is 6.46. The molecule has 0 aliphatic carbocycles. The lowest BCUT2D eigenvalue weighted by Crippen LogP contribution is -2.51. The molecule has 9 heteroatoms. The highest BCUT2D eigenvalue weighted by Gasteiger charge is 2.28. The van der Waals surface area contributed by atoms with E-state index >= 15 is 0 Å². The Morgan fingerprint density at radius 2 is 1.96 bits per heavy atom. The van der Waals surface area contributed by atoms with Gasteiger partial charge in [0.25, 0.3) is 11.6 Å². The lowest BCUT2D eigenvalue weighted by atomic mass is 10.1. The summed E-state index contributed by atoms with van der Waals surface area (Å²) in [6, 6.07) is 6.62. The van der Waals surface area contributed by atoms with Crippen LogP contribution >= 0.6 is 0 Å². The summed E-state index contributed by atoms with van der Waals surface area (Å²) in [7, 11) is 1.56. The van der Waals surface area contributed by atoms with Gasteiger partial charge in [0, 0.05) is 64.7 Å². The number of rotatable bonds is 4. The van der Waals surface area contributed by atoms with Gasteiger partial charge in [-0.2, -0.15) is 5.10 Å². The summed E-state index contributed by atoms with van der Waals surface area (Å²) >= 11 is 0. The van der Waals surface area contributed by atoms with E-state index in [0.29, 0.717) is 51.3 Å². The van der Waals surface area contributed by atoms with Gasteiger partial charge < -0.3 is 4.90 Å². The van der Waals surface area contributed by atoms with Gasteiger partial charge in [-0.3, -0.25) is 24.6 Å². The number of benzene rings is 1. The van der Waals surface area contributed by atoms with E-state index in [2.05, 4.69) is 10.0 Å². The first kappa shape index (κ1) is 18.0. The molecule has 2 aliphatic rings. The fourth-order valence-electron chi connectivity index (χ4n) is 3.14. The maximum atomic E-state index is 12.6. The van der Waals surface area contributed by atoms with Crippen molar-refractivity contribution in [3.63, 3.8) is 0 Å². The Morgan fingerprint density at radius 1 is 1.23 bits per heavy atom. The number of hydrogen-bond acceptors (Lipinski definition) is 6. The van der Waals surface area contributed by atoms with Crippen LogP contribution in [-0.2, 0) is 16.1 Å². The summed E-state index contributed by atoms with van der Waals surface area (Å²) in [5, 5.41) is 16.2. The van der Waals surface area contributed by atoms with Gasteiger partial charge >= 0.3 is 0 Å². The minimum atomic E-state index is -0.396. The number of carbonyl (C=O) groups is 2. The maximum Gasteiger partial charge on any atom is 0.270 e. The Labute approximate surface area is 151 Å². The van der Waals surface area contributed by atoms with Gasteiger partial charge in [-0.1, -0.05) is 12.1 Å². The number of non-ortho nitro benzene ring substituents is 1. The zero-order valence-corrected chi connectivity index (χ0v) is 14.6. The van der Waals surface area contributed by atoms with Crippen molar-refractivity contribution in [3.05, 3.63) is 39.9 Å². The molecule has 0 unspecified atom stereocenters. The van der Waals surface area contributed by atoms with Crippen LogP contribution in [0.3, 0.4) is 0 Å². The third kappa shape index (κ3) is 4.05. The van der Waals surface area contributed by atoms with Gasteiger partial charge in [-0.15, -0.1) is 0 Å². The Balaban J connectivity index is 1.55. The summed E-state index contributed by atoms with van der Waals surface area (Å²) in [6.07, 6.45) is 0.698. The van der Waals surface area contributed by atoms with Gasteiger partial charge in [0.2, 0.25) is 5.91 Å². The number of nitro benzene ring substituents is 1. The molecule has 0 N–H and O–H groups in total. The van der Waals surface area contributed by atoms with E-state index in [1.165, 1.54) is 11.1 Å². The molecular formula is C17H21N5O4. The van der Waals surface area contributed by atoms with Gasteiger partial charge in [-0.05, 0) is 5.56 Å². The van der Waals surface area contributed by atoms with Crippen molar-refractivity contribution in [2.45, 2.75) is 19.4 Å². The molecule has 2 aliphatic heterocycles. The summed E-state index contributed by atoms with van der Waals surface area (Å²) in [6.45, 7) is 3.14. The second-order valence-corrected chi connectivity index (χ2v) is 6.46. The standard InChI is InChI=1S/C17H21N5O4/c1-19-16(23)6-5-15(18-19)17(24)21-9-7-20(8-10-21)12-13-3-2-4-14(11-13)22(25)26/h2-4,11H,5-10,12H2,1H3. The van der Waals surface area contributed by atoms with Crippen LogP contribution in [0.1, 0.15) is 18.4 Å². The molecule has 1 aromatic carbocycles. The van der Waals surface area contributed by atoms with Crippen LogP contribution < -0.4 is 0 Å². The van der Waals surface area contributed by atoms with Gasteiger partial charge in [-0.25, -0.2) is 5.01 Å². The van der Waals surface area contributed by atoms with Crippen molar-refractivity contribution in [3.8, 4) is 0 Å². The minimum Gasteiger partial charge on any atom is -0.335 e. The summed E-state index contributed by atoms with van der Waals surface area (Å²) < 4.78 is 0. The zero-order chi connectivity index (χ0) is 18.7. The first-order chi connectivity index (χ1) is 12.4. The quantitative estimate of drug-likeness (QED) is 0.586. The second kappa shape index (κ2) is 7.61. The first-order valence-corrected chi connectivity index (χ1v) is 8.53. The van der Waals surface area contributed by atoms with Gasteiger partial charge in [0.05, 0.1) is 4.92 Å². The smallest absolute Gasteiger partial charge is 0.270 e. The molecule has 0 radical (unpaired) electrons. The lowest BCUT2D eigenvalue weighted by molar-refractivity contribution is -0.384. The molecule has 1 saturated heterocycles. The van der Waals surface area contributed by atoms with E-state index in [0.717, 1.165) is 5.56 Å². The molecule has 138 valence electrons. The van der Waals surface area contributed by atoms with Crippen LogP contribution in [0.25, 0.3) is 0 Å². The average Bonchev–Trinajstić information content (AvgIpc) is 2.64. The molecule has 26 heavy (non-hydrogen) atoms. The number of carbonyl (C=O) groups excluding carboxylic acids is 2. The Hall–Kier alpha value is -2.81. The topological polar surface area (TPSA) is 99.4 Å². The molecule has 0 aromatic heterocycles. The van der Waals surface area contributed by atoms with Crippen LogP contribution in [0.4, 0.5) is 5.69 Å². The van der Waals surface area contributed by atoms with Crippen molar-refractivity contribution < 1.29 is 14.5 Å². The van der Waals surface area contributed by atoms with Crippen LogP contribution in [0.15, 0.2) is 29.4 Å². The number of nitro groups is 1. The highest BCUT2D eigenvalue weighted by atomic mass is 16.6. The molecule has 3 rings (SSSR count). The fourth-order valence-corrected chi connectivity index (χ4v) is 3.14. The number of amides is 2. The number of piperazine rings is 1. The summed E-state index contributed by atoms with van der Waals surface area (Å²) in [5.41, 5.74) is 1.40. The third-order valence-electron chi connectivity index (χ3n) is 4.64. The van der Waals surface area contributed by atoms with E-state index in [4.69, 9.17) is 0 Å². The van der Waals surface area contributed by atoms with Crippen molar-refractivity contribution in [1.29, 1.82) is 0 Å². The highest BCUT2D eigenvalue weighted by Crippen LogP contribution is 2.16. The molecule has 0 atom stereocenters. The molecule has 2 heterocycles. The van der Waals surface area contributed by atoms with Crippen LogP contribution in [-0.4, -0.2) is 70.5 Å². The van der Waals surface area contributed by atoms with Crippen LogP contribution in [0, 0.1) is 10.1 Å². The van der Waals surface area contributed by atoms with Crippen molar-refractivity contribution in [2.24, 2.45) is 5.10 Å². The maximum absolute atomic E-state index is 12.6. The van der Waals surface area contributed by atoms with Gasteiger partial charge in [0.15, 0.2) is 0 Å². The third-order valence-corrected chi connectivity index (χ3v) is 4.64. The Morgan fingerprint density at radius 3 is 2.62 bits per heavy atom. The molecule has 1 aromatic rings. The normalized spacial score (nSPS) is 18.7. The molecule has 0 spiro atoms. The largest absolute Gasteiger partial charge is 0.335 e. The van der Waals surface area contributed by atoms with E-state index in [-0.39, 0.29) is 17.5 Å². The minimum absolute atomic E-state index is 0.0803. The SMILES string of the molecule is CN1N=C(C(=O)N2CCN(Cc3cccc([N+](=O)[O-])c3)CC2)CCC1=O. The van der Waals surface area contributed by atoms with Crippen molar-refractivity contribution in [1.82, 2.24) is 14.8 Å². The molecule has 1 fully saturated rings. The molecule has 2 amide bonds. The highest BCUT2D eigenvalue weighted by molar-refractivity contribution is 6.39. The molecule has 0 bridgehead atoms. The fraction of sp³-hybridized carbons (Fsp3) is 0.471. The number of hydrazone groups is 1. The van der Waals surface area contributed by atoms with Crippen molar-refractivity contribution >= 4 is 23.2 Å². The predicted molar refractivity (Wildman–Crippen MR) is 94.4 cm³/mol.